The average Bonchev–Trinajstić information content (AvgIpc) is 3.02. The molecule has 2 aromatic heterocycles. The topological polar surface area (TPSA) is 66.7 Å². The second-order valence-electron chi connectivity index (χ2n) is 6.28. The van der Waals surface area contributed by atoms with Gasteiger partial charge in [0.05, 0.1) is 5.52 Å². The zero-order valence-electron chi connectivity index (χ0n) is 15.4. The Bertz CT molecular complexity index is 723. The molecule has 1 N–H and O–H groups in total. The molecule has 6 heteroatoms. The molecular formula is C19H28N4O2. The van der Waals surface area contributed by atoms with Gasteiger partial charge < -0.3 is 10.2 Å². The van der Waals surface area contributed by atoms with Crippen molar-refractivity contribution >= 4 is 17.3 Å². The third-order valence-electron chi connectivity index (χ3n) is 4.21. The molecular weight excluding hydrogens is 316 g/mol. The fraction of sp³-hybridized carbons (Fsp3) is 0.526. The lowest BCUT2D eigenvalue weighted by Crippen LogP contribution is -2.29. The molecule has 25 heavy (non-hydrogen) atoms. The van der Waals surface area contributed by atoms with E-state index in [4.69, 9.17) is 0 Å². The maximum atomic E-state index is 12.7. The largest absolute Gasteiger partial charge is 0.349 e. The second-order valence-corrected chi connectivity index (χ2v) is 6.28. The highest BCUT2D eigenvalue weighted by atomic mass is 16.2. The molecule has 0 spiro atoms. The summed E-state index contributed by atoms with van der Waals surface area (Å²) in [6.45, 7) is 5.51. The molecule has 6 nitrogen and oxygen atoms in total. The van der Waals surface area contributed by atoms with E-state index < -0.39 is 0 Å². The highest BCUT2D eigenvalue weighted by molar-refractivity contribution is 6.02. The first-order chi connectivity index (χ1) is 12.1. The zero-order chi connectivity index (χ0) is 18.2. The van der Waals surface area contributed by atoms with Crippen molar-refractivity contribution in [2.45, 2.75) is 46.0 Å². The number of rotatable bonds is 9. The molecule has 2 rings (SSSR count). The molecule has 2 amide bonds. The van der Waals surface area contributed by atoms with Crippen LogP contribution in [-0.4, -0.2) is 46.2 Å². The van der Waals surface area contributed by atoms with E-state index in [1.54, 1.807) is 22.5 Å². The van der Waals surface area contributed by atoms with Gasteiger partial charge in [0.25, 0.3) is 11.8 Å². The third-order valence-corrected chi connectivity index (χ3v) is 4.21. The molecule has 0 saturated heterocycles. The first kappa shape index (κ1) is 19.0. The van der Waals surface area contributed by atoms with Gasteiger partial charge in [0.15, 0.2) is 5.69 Å². The minimum atomic E-state index is -0.243. The number of carbonyl (C=O) groups excluding carboxylic acids is 2. The smallest absolute Gasteiger partial charge is 0.287 e. The van der Waals surface area contributed by atoms with Crippen molar-refractivity contribution in [3.05, 3.63) is 35.9 Å². The van der Waals surface area contributed by atoms with Crippen molar-refractivity contribution in [2.75, 3.05) is 20.1 Å². The number of hydrogen-bond donors (Lipinski definition) is 1. The highest BCUT2D eigenvalue weighted by Crippen LogP contribution is 2.15. The van der Waals surface area contributed by atoms with E-state index in [1.165, 1.54) is 0 Å². The van der Waals surface area contributed by atoms with Gasteiger partial charge in [0.2, 0.25) is 5.82 Å². The second kappa shape index (κ2) is 9.20. The van der Waals surface area contributed by atoms with Crippen LogP contribution in [0, 0.1) is 0 Å². The van der Waals surface area contributed by atoms with Crippen LogP contribution in [0.1, 0.15) is 67.1 Å². The number of imidazole rings is 1. The maximum absolute atomic E-state index is 12.7. The van der Waals surface area contributed by atoms with E-state index in [0.29, 0.717) is 24.3 Å². The van der Waals surface area contributed by atoms with Crippen molar-refractivity contribution in [3.8, 4) is 0 Å². The molecule has 0 aliphatic carbocycles. The molecule has 0 radical (unpaired) electrons. The van der Waals surface area contributed by atoms with E-state index in [0.717, 1.165) is 32.1 Å². The zero-order valence-corrected chi connectivity index (χ0v) is 15.4. The Morgan fingerprint density at radius 3 is 2.64 bits per heavy atom. The van der Waals surface area contributed by atoms with Crippen molar-refractivity contribution < 1.29 is 9.59 Å². The molecule has 136 valence electrons. The van der Waals surface area contributed by atoms with Gasteiger partial charge in [-0.3, -0.25) is 14.0 Å². The van der Waals surface area contributed by atoms with Crippen molar-refractivity contribution in [1.29, 1.82) is 0 Å². The van der Waals surface area contributed by atoms with Crippen LogP contribution in [0.4, 0.5) is 0 Å². The Balaban J connectivity index is 2.24. The first-order valence-electron chi connectivity index (χ1n) is 9.10. The first-order valence-corrected chi connectivity index (χ1v) is 9.10. The summed E-state index contributed by atoms with van der Waals surface area (Å²) in [7, 11) is 1.77. The maximum Gasteiger partial charge on any atom is 0.287 e. The van der Waals surface area contributed by atoms with E-state index in [1.807, 2.05) is 18.2 Å². The number of amides is 2. The average molecular weight is 344 g/mol. The van der Waals surface area contributed by atoms with Gasteiger partial charge in [-0.15, -0.1) is 0 Å². The van der Waals surface area contributed by atoms with Crippen LogP contribution < -0.4 is 5.32 Å². The van der Waals surface area contributed by atoms with Crippen LogP contribution in [0.5, 0.6) is 0 Å². The summed E-state index contributed by atoms with van der Waals surface area (Å²) in [5, 5.41) is 2.89. The minimum absolute atomic E-state index is 0.151. The van der Waals surface area contributed by atoms with E-state index in [-0.39, 0.29) is 17.6 Å². The van der Waals surface area contributed by atoms with Crippen LogP contribution in [0.3, 0.4) is 0 Å². The van der Waals surface area contributed by atoms with Crippen molar-refractivity contribution in [3.63, 3.8) is 0 Å². The number of pyridine rings is 1. The predicted molar refractivity (Wildman–Crippen MR) is 98.9 cm³/mol. The normalized spacial score (nSPS) is 10.8. The van der Waals surface area contributed by atoms with Crippen LogP contribution >= 0.6 is 0 Å². The number of carbonyl (C=O) groups is 2. The Morgan fingerprint density at radius 2 is 1.92 bits per heavy atom. The summed E-state index contributed by atoms with van der Waals surface area (Å²) in [6.07, 6.45) is 6.86. The number of aromatic nitrogens is 2. The molecule has 0 fully saturated rings. The lowest BCUT2D eigenvalue weighted by Gasteiger charge is -2.15. The van der Waals surface area contributed by atoms with Crippen LogP contribution in [0.15, 0.2) is 24.4 Å². The molecule has 0 atom stereocenters. The number of nitrogens with one attached hydrogen (secondary N) is 1. The highest BCUT2D eigenvalue weighted by Gasteiger charge is 2.23. The monoisotopic (exact) mass is 344 g/mol. The lowest BCUT2D eigenvalue weighted by atomic mass is 10.2. The van der Waals surface area contributed by atoms with Gasteiger partial charge >= 0.3 is 0 Å². The molecule has 2 aromatic rings. The van der Waals surface area contributed by atoms with Crippen LogP contribution in [-0.2, 0) is 0 Å². The quantitative estimate of drug-likeness (QED) is 0.711. The number of hydrogen-bond acceptors (Lipinski definition) is 3. The Kier molecular flexibility index (Phi) is 6.98. The standard InChI is InChI=1S/C19H28N4O2/c1-4-6-9-12-20-18(24)17-21-16(15-11-8-10-14-23(15)17)19(25)22(3)13-7-5-2/h8,10-11,14H,4-7,9,12-13H2,1-3H3,(H,20,24). The number of unbranched alkanes of at least 4 members (excludes halogenated alkanes) is 3. The van der Waals surface area contributed by atoms with E-state index in [2.05, 4.69) is 24.1 Å². The lowest BCUT2D eigenvalue weighted by molar-refractivity contribution is 0.0790. The molecule has 0 aromatic carbocycles. The minimum Gasteiger partial charge on any atom is -0.349 e. The SMILES string of the molecule is CCCCCNC(=O)c1nc(C(=O)N(C)CCCC)c2ccccn12. The van der Waals surface area contributed by atoms with Crippen molar-refractivity contribution in [1.82, 2.24) is 19.6 Å². The van der Waals surface area contributed by atoms with Gasteiger partial charge in [-0.2, -0.15) is 0 Å². The van der Waals surface area contributed by atoms with E-state index in [9.17, 15) is 9.59 Å². The third kappa shape index (κ3) is 4.59. The van der Waals surface area contributed by atoms with Gasteiger partial charge in [0.1, 0.15) is 0 Å². The molecule has 0 saturated carbocycles. The summed E-state index contributed by atoms with van der Waals surface area (Å²) in [4.78, 5) is 31.2. The summed E-state index contributed by atoms with van der Waals surface area (Å²) >= 11 is 0. The number of fused-ring (bicyclic) bond motifs is 1. The predicted octanol–water partition coefficient (Wildman–Crippen LogP) is 3.13. The fourth-order valence-electron chi connectivity index (χ4n) is 2.69. The molecule has 0 aliphatic heterocycles. The van der Waals surface area contributed by atoms with E-state index >= 15 is 0 Å². The summed E-state index contributed by atoms with van der Waals surface area (Å²) in [5.74, 6) is -0.130. The van der Waals surface area contributed by atoms with Crippen LogP contribution in [0.25, 0.3) is 5.52 Å². The number of nitrogens with zero attached hydrogens (tertiary/aromatic N) is 3. The summed E-state index contributed by atoms with van der Waals surface area (Å²) < 4.78 is 1.69. The summed E-state index contributed by atoms with van der Waals surface area (Å²) in [6, 6.07) is 5.50. The Labute approximate surface area is 149 Å². The Morgan fingerprint density at radius 1 is 1.16 bits per heavy atom. The fourth-order valence-corrected chi connectivity index (χ4v) is 2.69. The molecule has 2 heterocycles. The van der Waals surface area contributed by atoms with Crippen LogP contribution in [0.2, 0.25) is 0 Å². The molecule has 0 unspecified atom stereocenters. The molecule has 0 bridgehead atoms. The Hall–Kier alpha value is -2.37. The van der Waals surface area contributed by atoms with Gasteiger partial charge in [-0.05, 0) is 25.0 Å². The van der Waals surface area contributed by atoms with Gasteiger partial charge in [-0.1, -0.05) is 39.2 Å². The molecule has 0 aliphatic rings. The summed E-state index contributed by atoms with van der Waals surface area (Å²) in [5.41, 5.74) is 0.993. The van der Waals surface area contributed by atoms with Gasteiger partial charge in [0, 0.05) is 26.3 Å². The van der Waals surface area contributed by atoms with Crippen molar-refractivity contribution in [2.24, 2.45) is 0 Å². The van der Waals surface area contributed by atoms with Gasteiger partial charge in [-0.25, -0.2) is 4.98 Å².